The third kappa shape index (κ3) is 4.63. The van der Waals surface area contributed by atoms with Gasteiger partial charge in [0.05, 0.1) is 11.5 Å². The van der Waals surface area contributed by atoms with E-state index in [0.29, 0.717) is 24.6 Å². The number of hydrogen-bond donors (Lipinski definition) is 1. The number of sulfone groups is 1. The van der Waals surface area contributed by atoms with Crippen molar-refractivity contribution in [2.45, 2.75) is 33.2 Å². The van der Waals surface area contributed by atoms with E-state index < -0.39 is 9.84 Å². The van der Waals surface area contributed by atoms with Crippen molar-refractivity contribution in [2.24, 2.45) is 0 Å². The van der Waals surface area contributed by atoms with Crippen LogP contribution in [-0.2, 0) is 9.84 Å². The first-order chi connectivity index (χ1) is 12.8. The van der Waals surface area contributed by atoms with Crippen LogP contribution in [0.2, 0.25) is 0 Å². The predicted molar refractivity (Wildman–Crippen MR) is 105 cm³/mol. The largest absolute Gasteiger partial charge is 0.347 e. The molecule has 0 spiro atoms. The van der Waals surface area contributed by atoms with E-state index in [9.17, 15) is 13.2 Å². The van der Waals surface area contributed by atoms with Gasteiger partial charge in [-0.05, 0) is 44.9 Å². The lowest BCUT2D eigenvalue weighted by Crippen LogP contribution is -2.36. The maximum atomic E-state index is 12.6. The molecule has 144 valence electrons. The number of anilines is 2. The molecular weight excluding hydrogens is 364 g/mol. The standard InChI is InChI=1S/C19H24N4O3S/c1-4-23(16-7-5-6-13(2)10-16)18-11-17(20-14(3)21-18)19(24)22-15-8-9-27(25,26)12-15/h5-7,10-11,15H,4,8-9,12H2,1-3H3,(H,22,24). The van der Waals surface area contributed by atoms with E-state index in [2.05, 4.69) is 21.4 Å². The molecule has 1 aromatic carbocycles. The van der Waals surface area contributed by atoms with Gasteiger partial charge in [-0.25, -0.2) is 18.4 Å². The summed E-state index contributed by atoms with van der Waals surface area (Å²) < 4.78 is 23.2. The van der Waals surface area contributed by atoms with E-state index in [1.807, 2.05) is 36.9 Å². The quantitative estimate of drug-likeness (QED) is 0.844. The Bertz CT molecular complexity index is 959. The highest BCUT2D eigenvalue weighted by Crippen LogP contribution is 2.25. The third-order valence-electron chi connectivity index (χ3n) is 4.53. The zero-order chi connectivity index (χ0) is 19.6. The van der Waals surface area contributed by atoms with Gasteiger partial charge in [0, 0.05) is 24.3 Å². The van der Waals surface area contributed by atoms with Crippen molar-refractivity contribution in [3.05, 3.63) is 47.4 Å². The summed E-state index contributed by atoms with van der Waals surface area (Å²) in [5.74, 6) is 0.856. The summed E-state index contributed by atoms with van der Waals surface area (Å²) in [5.41, 5.74) is 2.37. The average molecular weight is 388 g/mol. The van der Waals surface area contributed by atoms with Crippen LogP contribution in [0.25, 0.3) is 0 Å². The molecule has 1 aliphatic heterocycles. The van der Waals surface area contributed by atoms with E-state index in [-0.39, 0.29) is 29.1 Å². The van der Waals surface area contributed by atoms with Crippen LogP contribution in [0.15, 0.2) is 30.3 Å². The Morgan fingerprint density at radius 3 is 2.67 bits per heavy atom. The molecule has 1 fully saturated rings. The number of carbonyl (C=O) groups is 1. The first kappa shape index (κ1) is 19.3. The molecule has 0 radical (unpaired) electrons. The molecule has 1 N–H and O–H groups in total. The summed E-state index contributed by atoms with van der Waals surface area (Å²) in [4.78, 5) is 23.3. The van der Waals surface area contributed by atoms with Gasteiger partial charge in [-0.2, -0.15) is 0 Å². The molecule has 2 heterocycles. The molecular formula is C19H24N4O3S. The number of nitrogens with zero attached hydrogens (tertiary/aromatic N) is 3. The molecule has 1 amide bonds. The van der Waals surface area contributed by atoms with Crippen molar-refractivity contribution in [1.29, 1.82) is 0 Å². The molecule has 1 atom stereocenters. The van der Waals surface area contributed by atoms with E-state index in [4.69, 9.17) is 0 Å². The molecule has 1 aromatic heterocycles. The van der Waals surface area contributed by atoms with Gasteiger partial charge >= 0.3 is 0 Å². The lowest BCUT2D eigenvalue weighted by molar-refractivity contribution is 0.0935. The van der Waals surface area contributed by atoms with Crippen molar-refractivity contribution in [2.75, 3.05) is 23.0 Å². The highest BCUT2D eigenvalue weighted by atomic mass is 32.2. The average Bonchev–Trinajstić information content (AvgIpc) is 2.93. The second-order valence-electron chi connectivity index (χ2n) is 6.82. The molecule has 27 heavy (non-hydrogen) atoms. The molecule has 2 aromatic rings. The molecule has 7 nitrogen and oxygen atoms in total. The van der Waals surface area contributed by atoms with Crippen molar-refractivity contribution >= 4 is 27.2 Å². The zero-order valence-corrected chi connectivity index (χ0v) is 16.6. The van der Waals surface area contributed by atoms with Crippen LogP contribution in [-0.4, -0.2) is 48.4 Å². The predicted octanol–water partition coefficient (Wildman–Crippen LogP) is 2.17. The fraction of sp³-hybridized carbons (Fsp3) is 0.421. The van der Waals surface area contributed by atoms with Crippen molar-refractivity contribution in [3.63, 3.8) is 0 Å². The zero-order valence-electron chi connectivity index (χ0n) is 15.8. The molecule has 0 saturated carbocycles. The second-order valence-corrected chi connectivity index (χ2v) is 9.04. The Balaban J connectivity index is 1.86. The lowest BCUT2D eigenvalue weighted by atomic mass is 10.2. The maximum Gasteiger partial charge on any atom is 0.270 e. The van der Waals surface area contributed by atoms with E-state index in [1.165, 1.54) is 0 Å². The molecule has 0 bridgehead atoms. The summed E-state index contributed by atoms with van der Waals surface area (Å²) in [5, 5.41) is 2.78. The molecule has 1 saturated heterocycles. The van der Waals surface area contributed by atoms with Gasteiger partial charge in [0.15, 0.2) is 9.84 Å². The third-order valence-corrected chi connectivity index (χ3v) is 6.30. The minimum Gasteiger partial charge on any atom is -0.347 e. The van der Waals surface area contributed by atoms with E-state index in [1.54, 1.807) is 13.0 Å². The van der Waals surface area contributed by atoms with Crippen molar-refractivity contribution < 1.29 is 13.2 Å². The molecule has 1 aliphatic rings. The minimum atomic E-state index is -3.05. The van der Waals surface area contributed by atoms with Crippen molar-refractivity contribution in [1.82, 2.24) is 15.3 Å². The first-order valence-electron chi connectivity index (χ1n) is 8.98. The number of nitrogens with one attached hydrogen (secondary N) is 1. The van der Waals surface area contributed by atoms with Gasteiger partial charge < -0.3 is 10.2 Å². The number of amides is 1. The number of carbonyl (C=O) groups excluding carboxylic acids is 1. The SMILES string of the molecule is CCN(c1cccc(C)c1)c1cc(C(=O)NC2CCS(=O)(=O)C2)nc(C)n1. The maximum absolute atomic E-state index is 12.6. The minimum absolute atomic E-state index is 0.0138. The summed E-state index contributed by atoms with van der Waals surface area (Å²) in [6, 6.07) is 9.35. The number of aryl methyl sites for hydroxylation is 2. The van der Waals surface area contributed by atoms with Crippen LogP contribution in [0.1, 0.15) is 35.2 Å². The van der Waals surface area contributed by atoms with Gasteiger partial charge in [-0.1, -0.05) is 12.1 Å². The van der Waals surface area contributed by atoms with Crippen molar-refractivity contribution in [3.8, 4) is 0 Å². The number of rotatable bonds is 5. The van der Waals surface area contributed by atoms with Gasteiger partial charge in [0.1, 0.15) is 17.3 Å². The van der Waals surface area contributed by atoms with E-state index >= 15 is 0 Å². The Hall–Kier alpha value is -2.48. The van der Waals surface area contributed by atoms with Gasteiger partial charge in [0.25, 0.3) is 5.91 Å². The molecule has 0 aliphatic carbocycles. The first-order valence-corrected chi connectivity index (χ1v) is 10.8. The van der Waals surface area contributed by atoms with Gasteiger partial charge in [0.2, 0.25) is 0 Å². The molecule has 1 unspecified atom stereocenters. The number of aromatic nitrogens is 2. The van der Waals surface area contributed by atoms with E-state index in [0.717, 1.165) is 11.3 Å². The summed E-state index contributed by atoms with van der Waals surface area (Å²) in [7, 11) is -3.05. The molecule has 3 rings (SSSR count). The highest BCUT2D eigenvalue weighted by molar-refractivity contribution is 7.91. The number of hydrogen-bond acceptors (Lipinski definition) is 6. The normalized spacial score (nSPS) is 18.3. The van der Waals surface area contributed by atoms with Crippen LogP contribution in [0.4, 0.5) is 11.5 Å². The number of benzene rings is 1. The Labute approximate surface area is 159 Å². The van der Waals surface area contributed by atoms with Crippen LogP contribution in [0.3, 0.4) is 0 Å². The lowest BCUT2D eigenvalue weighted by Gasteiger charge is -2.23. The summed E-state index contributed by atoms with van der Waals surface area (Å²) >= 11 is 0. The fourth-order valence-corrected chi connectivity index (χ4v) is 4.92. The Kier molecular flexibility index (Phi) is 5.46. The summed E-state index contributed by atoms with van der Waals surface area (Å²) in [6.45, 7) is 6.46. The Morgan fingerprint density at radius 1 is 1.26 bits per heavy atom. The summed E-state index contributed by atoms with van der Waals surface area (Å²) in [6.07, 6.45) is 0.440. The van der Waals surface area contributed by atoms with Gasteiger partial charge in [-0.3, -0.25) is 4.79 Å². The highest BCUT2D eigenvalue weighted by Gasteiger charge is 2.29. The van der Waals surface area contributed by atoms with Gasteiger partial charge in [-0.15, -0.1) is 0 Å². The fourth-order valence-electron chi connectivity index (χ4n) is 3.25. The van der Waals surface area contributed by atoms with Crippen LogP contribution >= 0.6 is 0 Å². The topological polar surface area (TPSA) is 92.3 Å². The molecule has 8 heteroatoms. The smallest absolute Gasteiger partial charge is 0.270 e. The van der Waals surface area contributed by atoms with Crippen LogP contribution in [0, 0.1) is 13.8 Å². The van der Waals surface area contributed by atoms with Crippen LogP contribution < -0.4 is 10.2 Å². The second kappa shape index (κ2) is 7.64. The Morgan fingerprint density at radius 2 is 2.04 bits per heavy atom. The van der Waals surface area contributed by atoms with Crippen LogP contribution in [0.5, 0.6) is 0 Å². The monoisotopic (exact) mass is 388 g/mol.